The van der Waals surface area contributed by atoms with Gasteiger partial charge in [-0.1, -0.05) is 41.9 Å². The summed E-state index contributed by atoms with van der Waals surface area (Å²) in [4.78, 5) is 19.8. The molecule has 2 aliphatic rings. The summed E-state index contributed by atoms with van der Waals surface area (Å²) in [5.41, 5.74) is 0.736. The maximum Gasteiger partial charge on any atom is 0.319 e. The summed E-state index contributed by atoms with van der Waals surface area (Å²) < 4.78 is 49.5. The van der Waals surface area contributed by atoms with Gasteiger partial charge in [0.25, 0.3) is 0 Å². The number of pyridine rings is 1. The normalized spacial score (nSPS) is 18.6. The Morgan fingerprint density at radius 2 is 1.83 bits per heavy atom. The van der Waals surface area contributed by atoms with Crippen LogP contribution in [0.15, 0.2) is 55.0 Å². The van der Waals surface area contributed by atoms with E-state index in [2.05, 4.69) is 30.2 Å². The van der Waals surface area contributed by atoms with Crippen LogP contribution in [0.1, 0.15) is 25.2 Å². The molecular weight excluding hydrogens is 555 g/mol. The first-order valence-electron chi connectivity index (χ1n) is 13.4. The molecule has 41 heavy (non-hydrogen) atoms. The highest BCUT2D eigenvalue weighted by Crippen LogP contribution is 2.38. The number of benzene rings is 2. The summed E-state index contributed by atoms with van der Waals surface area (Å²) >= 11 is 6.54. The number of aromatic nitrogens is 5. The standard InChI is InChI=1S/C29H25ClF3N7O/c30-21-6-2-4-16-3-1-5-19(23(16)21)25-24(31)26-20(13-35-25)27(39-14-17-7-8-18(15-39)36-17)38-29(37-26)41-12-9-22-34-10-11-40(22)28(32)33/h1-6,10-11,13,17-18,28,36H,7-9,12,14-15H2/t17-,18?/m0/s1. The molecule has 0 radical (unpaired) electrons. The molecule has 1 unspecified atom stereocenters. The third kappa shape index (κ3) is 4.72. The predicted molar refractivity (Wildman–Crippen MR) is 150 cm³/mol. The van der Waals surface area contributed by atoms with E-state index < -0.39 is 12.4 Å². The zero-order valence-corrected chi connectivity index (χ0v) is 22.5. The van der Waals surface area contributed by atoms with Gasteiger partial charge >= 0.3 is 12.6 Å². The topological polar surface area (TPSA) is 81.0 Å². The molecule has 210 valence electrons. The first-order chi connectivity index (χ1) is 20.0. The molecule has 7 rings (SSSR count). The summed E-state index contributed by atoms with van der Waals surface area (Å²) in [5.74, 6) is 0.0892. The van der Waals surface area contributed by atoms with Gasteiger partial charge < -0.3 is 15.0 Å². The average molecular weight is 580 g/mol. The maximum absolute atomic E-state index is 16.4. The van der Waals surface area contributed by atoms with Crippen LogP contribution in [0.2, 0.25) is 5.02 Å². The Balaban J connectivity index is 1.31. The highest BCUT2D eigenvalue weighted by atomic mass is 35.5. The molecule has 0 saturated carbocycles. The monoisotopic (exact) mass is 579 g/mol. The Kier molecular flexibility index (Phi) is 6.63. The van der Waals surface area contributed by atoms with E-state index in [4.69, 9.17) is 16.3 Å². The lowest BCUT2D eigenvalue weighted by molar-refractivity contribution is 0.0663. The van der Waals surface area contributed by atoms with Gasteiger partial charge in [-0.25, -0.2) is 9.37 Å². The lowest BCUT2D eigenvalue weighted by atomic mass is 10.0. The fourth-order valence-electron chi connectivity index (χ4n) is 5.93. The van der Waals surface area contributed by atoms with Crippen LogP contribution in [-0.2, 0) is 6.42 Å². The van der Waals surface area contributed by atoms with Gasteiger partial charge in [-0.3, -0.25) is 9.55 Å². The third-order valence-corrected chi connectivity index (χ3v) is 8.10. The van der Waals surface area contributed by atoms with Crippen LogP contribution >= 0.6 is 11.6 Å². The van der Waals surface area contributed by atoms with Gasteiger partial charge in [0, 0.05) is 66.2 Å². The zero-order valence-electron chi connectivity index (χ0n) is 21.8. The van der Waals surface area contributed by atoms with Gasteiger partial charge in [0.15, 0.2) is 5.82 Å². The van der Waals surface area contributed by atoms with Crippen LogP contribution in [0.3, 0.4) is 0 Å². The Morgan fingerprint density at radius 3 is 2.61 bits per heavy atom. The van der Waals surface area contributed by atoms with Crippen LogP contribution < -0.4 is 15.0 Å². The summed E-state index contributed by atoms with van der Waals surface area (Å²) in [6, 6.07) is 11.6. The van der Waals surface area contributed by atoms with Crippen molar-refractivity contribution in [2.45, 2.75) is 37.9 Å². The van der Waals surface area contributed by atoms with Gasteiger partial charge in [-0.05, 0) is 24.3 Å². The number of fused-ring (bicyclic) bond motifs is 4. The quantitative estimate of drug-likeness (QED) is 0.261. The van der Waals surface area contributed by atoms with E-state index in [9.17, 15) is 8.78 Å². The SMILES string of the molecule is Fc1c(-c2cccc3cccc(Cl)c23)ncc2c(N3CC4CC[C@@H](C3)N4)nc(OCCc3nccn3C(F)F)nc12. The molecule has 2 saturated heterocycles. The number of anilines is 1. The molecule has 2 atom stereocenters. The predicted octanol–water partition coefficient (Wildman–Crippen LogP) is 5.79. The molecule has 1 N–H and O–H groups in total. The largest absolute Gasteiger partial charge is 0.463 e. The van der Waals surface area contributed by atoms with Gasteiger partial charge in [-0.15, -0.1) is 0 Å². The molecule has 2 aromatic carbocycles. The molecule has 0 spiro atoms. The van der Waals surface area contributed by atoms with Crippen molar-refractivity contribution in [3.63, 3.8) is 0 Å². The van der Waals surface area contributed by atoms with E-state index in [1.54, 1.807) is 18.3 Å². The van der Waals surface area contributed by atoms with Crippen molar-refractivity contribution >= 4 is 39.1 Å². The number of hydrogen-bond donors (Lipinski definition) is 1. The first kappa shape index (κ1) is 26.0. The van der Waals surface area contributed by atoms with Crippen LogP contribution in [0.4, 0.5) is 19.0 Å². The highest BCUT2D eigenvalue weighted by molar-refractivity contribution is 6.36. The van der Waals surface area contributed by atoms with Gasteiger partial charge in [0.1, 0.15) is 22.9 Å². The first-order valence-corrected chi connectivity index (χ1v) is 13.8. The van der Waals surface area contributed by atoms with Crippen molar-refractivity contribution in [2.24, 2.45) is 0 Å². The summed E-state index contributed by atoms with van der Waals surface area (Å²) in [6.07, 6.45) is 6.35. The molecule has 0 aliphatic carbocycles. The van der Waals surface area contributed by atoms with Crippen LogP contribution in [-0.4, -0.2) is 56.3 Å². The number of imidazole rings is 1. The third-order valence-electron chi connectivity index (χ3n) is 7.78. The van der Waals surface area contributed by atoms with E-state index in [-0.39, 0.29) is 36.1 Å². The number of alkyl halides is 2. The minimum Gasteiger partial charge on any atom is -0.463 e. The van der Waals surface area contributed by atoms with Gasteiger partial charge in [-0.2, -0.15) is 18.7 Å². The zero-order chi connectivity index (χ0) is 28.1. The molecule has 8 nitrogen and oxygen atoms in total. The summed E-state index contributed by atoms with van der Waals surface area (Å²) in [6.45, 7) is -1.31. The fourth-order valence-corrected chi connectivity index (χ4v) is 6.21. The number of piperazine rings is 1. The lowest BCUT2D eigenvalue weighted by Gasteiger charge is -2.34. The second-order valence-corrected chi connectivity index (χ2v) is 10.7. The fraction of sp³-hybridized carbons (Fsp3) is 0.310. The Labute approximate surface area is 238 Å². The van der Waals surface area contributed by atoms with E-state index in [0.29, 0.717) is 52.3 Å². The van der Waals surface area contributed by atoms with Crippen molar-refractivity contribution in [1.82, 2.24) is 29.8 Å². The summed E-state index contributed by atoms with van der Waals surface area (Å²) in [7, 11) is 0. The van der Waals surface area contributed by atoms with E-state index in [1.165, 1.54) is 12.4 Å². The molecule has 3 aromatic heterocycles. The van der Waals surface area contributed by atoms with Crippen molar-refractivity contribution in [3.05, 3.63) is 71.7 Å². The highest BCUT2D eigenvalue weighted by Gasteiger charge is 2.34. The van der Waals surface area contributed by atoms with Crippen LogP contribution in [0.5, 0.6) is 6.01 Å². The Morgan fingerprint density at radius 1 is 1.05 bits per heavy atom. The van der Waals surface area contributed by atoms with E-state index in [0.717, 1.165) is 22.8 Å². The molecule has 2 aliphatic heterocycles. The molecule has 2 fully saturated rings. The van der Waals surface area contributed by atoms with Crippen LogP contribution in [0, 0.1) is 5.82 Å². The second kappa shape index (κ2) is 10.5. The number of hydrogen-bond acceptors (Lipinski definition) is 7. The minimum atomic E-state index is -2.71. The number of nitrogens with one attached hydrogen (secondary N) is 1. The average Bonchev–Trinajstić information content (AvgIpc) is 3.58. The molecule has 5 aromatic rings. The molecule has 12 heteroatoms. The van der Waals surface area contributed by atoms with E-state index in [1.807, 2.05) is 24.3 Å². The number of nitrogens with zero attached hydrogens (tertiary/aromatic N) is 6. The van der Waals surface area contributed by atoms with Crippen molar-refractivity contribution in [2.75, 3.05) is 24.6 Å². The lowest BCUT2D eigenvalue weighted by Crippen LogP contribution is -2.51. The Hall–Kier alpha value is -3.96. The van der Waals surface area contributed by atoms with Gasteiger partial charge in [0.05, 0.1) is 12.0 Å². The van der Waals surface area contributed by atoms with Crippen molar-refractivity contribution in [3.8, 4) is 17.3 Å². The number of halogens is 4. The Bertz CT molecular complexity index is 1750. The summed E-state index contributed by atoms with van der Waals surface area (Å²) in [5, 5.41) is 6.11. The number of rotatable bonds is 7. The molecule has 0 amide bonds. The molecular formula is C29H25ClF3N7O. The maximum atomic E-state index is 16.4. The van der Waals surface area contributed by atoms with Crippen LogP contribution in [0.25, 0.3) is 32.9 Å². The molecule has 5 heterocycles. The second-order valence-electron chi connectivity index (χ2n) is 10.3. The van der Waals surface area contributed by atoms with Crippen molar-refractivity contribution in [1.29, 1.82) is 0 Å². The van der Waals surface area contributed by atoms with Crippen molar-refractivity contribution < 1.29 is 17.9 Å². The molecule has 2 bridgehead atoms. The smallest absolute Gasteiger partial charge is 0.319 e. The minimum absolute atomic E-state index is 0.0139. The van der Waals surface area contributed by atoms with E-state index >= 15 is 4.39 Å². The van der Waals surface area contributed by atoms with Gasteiger partial charge in [0.2, 0.25) is 0 Å². The number of ether oxygens (including phenoxy) is 1.